The Kier molecular flexibility index (Phi) is 2.13. The first kappa shape index (κ1) is 8.52. The molecule has 2 unspecified atom stereocenters. The van der Waals surface area contributed by atoms with Crippen LogP contribution in [-0.2, 0) is 4.74 Å². The summed E-state index contributed by atoms with van der Waals surface area (Å²) in [5, 5.41) is 3.64. The van der Waals surface area contributed by atoms with Crippen molar-refractivity contribution < 1.29 is 4.74 Å². The van der Waals surface area contributed by atoms with Gasteiger partial charge in [-0.3, -0.25) is 0 Å². The molecule has 2 saturated heterocycles. The van der Waals surface area contributed by atoms with Gasteiger partial charge >= 0.3 is 0 Å². The predicted octanol–water partition coefficient (Wildman–Crippen LogP) is 1.41. The largest absolute Gasteiger partial charge is 0.379 e. The van der Waals surface area contributed by atoms with Crippen molar-refractivity contribution in [2.75, 3.05) is 19.8 Å². The third kappa shape index (κ3) is 1.17. The molecular weight excluding hydrogens is 150 g/mol. The van der Waals surface area contributed by atoms with Crippen molar-refractivity contribution in [2.24, 2.45) is 11.8 Å². The van der Waals surface area contributed by atoms with Gasteiger partial charge in [-0.2, -0.15) is 0 Å². The minimum absolute atomic E-state index is 0.355. The summed E-state index contributed by atoms with van der Waals surface area (Å²) in [4.78, 5) is 0. The predicted molar refractivity (Wildman–Crippen MR) is 49.1 cm³/mol. The van der Waals surface area contributed by atoms with E-state index in [-0.39, 0.29) is 0 Å². The minimum atomic E-state index is 0.355. The van der Waals surface area contributed by atoms with Gasteiger partial charge in [0, 0.05) is 12.1 Å². The summed E-state index contributed by atoms with van der Waals surface area (Å²) in [7, 11) is 0. The highest BCUT2D eigenvalue weighted by atomic mass is 16.5. The number of ether oxygens (including phenoxy) is 1. The zero-order valence-corrected chi connectivity index (χ0v) is 8.10. The number of hydrogen-bond acceptors (Lipinski definition) is 2. The molecule has 2 atom stereocenters. The minimum Gasteiger partial charge on any atom is -0.379 e. The first-order chi connectivity index (χ1) is 5.75. The molecule has 0 amide bonds. The summed E-state index contributed by atoms with van der Waals surface area (Å²) in [6.07, 6.45) is 2.55. The molecule has 0 radical (unpaired) electrons. The average Bonchev–Trinajstić information content (AvgIpc) is 2.61. The second kappa shape index (κ2) is 3.00. The fraction of sp³-hybridized carbons (Fsp3) is 1.00. The molecule has 0 aromatic rings. The van der Waals surface area contributed by atoms with Gasteiger partial charge in [-0.1, -0.05) is 13.8 Å². The van der Waals surface area contributed by atoms with E-state index >= 15 is 0 Å². The Bertz CT molecular complexity index is 156. The van der Waals surface area contributed by atoms with Gasteiger partial charge in [0.05, 0.1) is 6.61 Å². The maximum atomic E-state index is 5.50. The molecule has 0 aliphatic carbocycles. The van der Waals surface area contributed by atoms with Gasteiger partial charge in [-0.15, -0.1) is 0 Å². The van der Waals surface area contributed by atoms with Gasteiger partial charge in [0.2, 0.25) is 0 Å². The van der Waals surface area contributed by atoms with Crippen LogP contribution in [0.3, 0.4) is 0 Å². The summed E-state index contributed by atoms with van der Waals surface area (Å²) in [5.41, 5.74) is 0.355. The molecule has 70 valence electrons. The summed E-state index contributed by atoms with van der Waals surface area (Å²) < 4.78 is 5.50. The first-order valence-corrected chi connectivity index (χ1v) is 5.07. The van der Waals surface area contributed by atoms with Crippen molar-refractivity contribution in [1.29, 1.82) is 0 Å². The quantitative estimate of drug-likeness (QED) is 0.641. The molecule has 2 heteroatoms. The highest BCUT2D eigenvalue weighted by molar-refractivity contribution is 5.02. The molecule has 2 heterocycles. The fourth-order valence-corrected chi connectivity index (χ4v) is 2.87. The van der Waals surface area contributed by atoms with E-state index in [0.29, 0.717) is 5.54 Å². The van der Waals surface area contributed by atoms with Crippen LogP contribution in [0.2, 0.25) is 0 Å². The van der Waals surface area contributed by atoms with Gasteiger partial charge in [0.1, 0.15) is 0 Å². The lowest BCUT2D eigenvalue weighted by Crippen LogP contribution is -2.47. The molecule has 0 aromatic carbocycles. The van der Waals surface area contributed by atoms with Crippen molar-refractivity contribution in [3.63, 3.8) is 0 Å². The zero-order chi connectivity index (χ0) is 8.60. The Labute approximate surface area is 74.7 Å². The topological polar surface area (TPSA) is 21.3 Å². The molecule has 0 aromatic heterocycles. The molecule has 2 aliphatic heterocycles. The fourth-order valence-electron chi connectivity index (χ4n) is 2.87. The Morgan fingerprint density at radius 3 is 2.92 bits per heavy atom. The normalized spacial score (nSPS) is 41.8. The van der Waals surface area contributed by atoms with E-state index in [1.54, 1.807) is 0 Å². The zero-order valence-electron chi connectivity index (χ0n) is 8.10. The van der Waals surface area contributed by atoms with Crippen LogP contribution in [0.4, 0.5) is 0 Å². The third-order valence-electron chi connectivity index (χ3n) is 3.50. The van der Waals surface area contributed by atoms with E-state index in [9.17, 15) is 0 Å². The lowest BCUT2D eigenvalue weighted by atomic mass is 9.78. The van der Waals surface area contributed by atoms with Gasteiger partial charge in [-0.25, -0.2) is 0 Å². The standard InChI is InChI=1S/C10H19NO/c1-8(2)9-3-5-11-10(9)4-6-12-7-10/h8-9,11H,3-7H2,1-2H3. The van der Waals surface area contributed by atoms with Crippen molar-refractivity contribution in [3.8, 4) is 0 Å². The first-order valence-electron chi connectivity index (χ1n) is 5.07. The molecule has 2 fully saturated rings. The van der Waals surface area contributed by atoms with Crippen LogP contribution in [0.5, 0.6) is 0 Å². The molecular formula is C10H19NO. The molecule has 1 spiro atoms. The summed E-state index contributed by atoms with van der Waals surface area (Å²) in [5.74, 6) is 1.63. The van der Waals surface area contributed by atoms with Crippen molar-refractivity contribution in [3.05, 3.63) is 0 Å². The number of nitrogens with one attached hydrogen (secondary N) is 1. The van der Waals surface area contributed by atoms with Crippen LogP contribution in [0.1, 0.15) is 26.7 Å². The van der Waals surface area contributed by atoms with E-state index in [0.717, 1.165) is 25.0 Å². The summed E-state index contributed by atoms with van der Waals surface area (Å²) in [6.45, 7) is 7.74. The maximum Gasteiger partial charge on any atom is 0.0651 e. The molecule has 12 heavy (non-hydrogen) atoms. The van der Waals surface area contributed by atoms with E-state index < -0.39 is 0 Å². The number of hydrogen-bond donors (Lipinski definition) is 1. The molecule has 2 rings (SSSR count). The van der Waals surface area contributed by atoms with Crippen molar-refractivity contribution in [1.82, 2.24) is 5.32 Å². The molecule has 0 bridgehead atoms. The lowest BCUT2D eigenvalue weighted by molar-refractivity contribution is 0.142. The summed E-state index contributed by atoms with van der Waals surface area (Å²) >= 11 is 0. The van der Waals surface area contributed by atoms with Gasteiger partial charge in [0.25, 0.3) is 0 Å². The average molecular weight is 169 g/mol. The van der Waals surface area contributed by atoms with Crippen LogP contribution in [0.25, 0.3) is 0 Å². The Morgan fingerprint density at radius 1 is 1.50 bits per heavy atom. The van der Waals surface area contributed by atoms with Crippen LogP contribution in [0.15, 0.2) is 0 Å². The highest BCUT2D eigenvalue weighted by Crippen LogP contribution is 2.38. The lowest BCUT2D eigenvalue weighted by Gasteiger charge is -2.32. The van der Waals surface area contributed by atoms with Crippen LogP contribution >= 0.6 is 0 Å². The maximum absolute atomic E-state index is 5.50. The van der Waals surface area contributed by atoms with E-state index in [4.69, 9.17) is 4.74 Å². The molecule has 0 saturated carbocycles. The SMILES string of the molecule is CC(C)C1CCNC12CCOC2. The Morgan fingerprint density at radius 2 is 2.33 bits per heavy atom. The van der Waals surface area contributed by atoms with E-state index in [1.165, 1.54) is 19.4 Å². The van der Waals surface area contributed by atoms with Crippen LogP contribution in [-0.4, -0.2) is 25.3 Å². The Hall–Kier alpha value is -0.0800. The Balaban J connectivity index is 2.12. The summed E-state index contributed by atoms with van der Waals surface area (Å²) in [6, 6.07) is 0. The van der Waals surface area contributed by atoms with Gasteiger partial charge < -0.3 is 10.1 Å². The van der Waals surface area contributed by atoms with Crippen molar-refractivity contribution in [2.45, 2.75) is 32.2 Å². The van der Waals surface area contributed by atoms with Crippen LogP contribution < -0.4 is 5.32 Å². The third-order valence-corrected chi connectivity index (χ3v) is 3.50. The van der Waals surface area contributed by atoms with Crippen LogP contribution in [0, 0.1) is 11.8 Å². The second-order valence-electron chi connectivity index (χ2n) is 4.52. The molecule has 1 N–H and O–H groups in total. The smallest absolute Gasteiger partial charge is 0.0651 e. The van der Waals surface area contributed by atoms with E-state index in [2.05, 4.69) is 19.2 Å². The highest BCUT2D eigenvalue weighted by Gasteiger charge is 2.46. The van der Waals surface area contributed by atoms with Crippen molar-refractivity contribution >= 4 is 0 Å². The number of rotatable bonds is 1. The van der Waals surface area contributed by atoms with Gasteiger partial charge in [0.15, 0.2) is 0 Å². The monoisotopic (exact) mass is 169 g/mol. The van der Waals surface area contributed by atoms with Gasteiger partial charge in [-0.05, 0) is 31.2 Å². The molecule has 2 nitrogen and oxygen atoms in total. The molecule has 2 aliphatic rings. The van der Waals surface area contributed by atoms with E-state index in [1.807, 2.05) is 0 Å². The second-order valence-corrected chi connectivity index (χ2v) is 4.52.